The Balaban J connectivity index is 1.68. The molecule has 3 rings (SSSR count). The van der Waals surface area contributed by atoms with Crippen molar-refractivity contribution in [3.63, 3.8) is 0 Å². The summed E-state index contributed by atoms with van der Waals surface area (Å²) in [5.74, 6) is -0.677. The highest BCUT2D eigenvalue weighted by Crippen LogP contribution is 2.14. The van der Waals surface area contributed by atoms with Gasteiger partial charge in [0.2, 0.25) is 6.41 Å². The van der Waals surface area contributed by atoms with Crippen molar-refractivity contribution in [3.05, 3.63) is 59.4 Å². The van der Waals surface area contributed by atoms with Gasteiger partial charge in [0.1, 0.15) is 0 Å². The van der Waals surface area contributed by atoms with Crippen molar-refractivity contribution in [2.24, 2.45) is 0 Å². The lowest BCUT2D eigenvalue weighted by Crippen LogP contribution is -2.48. The highest BCUT2D eigenvalue weighted by atomic mass is 16.2. The Bertz CT molecular complexity index is 903. The van der Waals surface area contributed by atoms with Crippen molar-refractivity contribution in [2.45, 2.75) is 6.92 Å². The number of carbonyl (C=O) groups excluding carboxylic acids is 4. The fourth-order valence-corrected chi connectivity index (χ4v) is 2.89. The molecule has 1 fully saturated rings. The number of Topliss-reactive ketones (excluding diaryl/α,β-unsaturated/α-hetero) is 1. The minimum atomic E-state index is -0.400. The van der Waals surface area contributed by atoms with Crippen LogP contribution in [-0.2, 0) is 4.79 Å². The van der Waals surface area contributed by atoms with Crippen LogP contribution in [-0.4, -0.2) is 65.0 Å². The van der Waals surface area contributed by atoms with Crippen LogP contribution in [0.3, 0.4) is 0 Å². The van der Waals surface area contributed by atoms with Crippen molar-refractivity contribution in [1.29, 1.82) is 0 Å². The van der Waals surface area contributed by atoms with Crippen molar-refractivity contribution >= 4 is 29.7 Å². The average molecular weight is 380 g/mol. The summed E-state index contributed by atoms with van der Waals surface area (Å²) in [5.41, 5.74) is 1.67. The Morgan fingerprint density at radius 2 is 1.61 bits per heavy atom. The third-order valence-electron chi connectivity index (χ3n) is 4.55. The van der Waals surface area contributed by atoms with Gasteiger partial charge in [-0.05, 0) is 37.3 Å². The summed E-state index contributed by atoms with van der Waals surface area (Å²) in [4.78, 5) is 54.5. The number of piperazine rings is 1. The molecule has 0 atom stereocenters. The first-order valence-electron chi connectivity index (χ1n) is 8.84. The van der Waals surface area contributed by atoms with E-state index in [9.17, 15) is 19.2 Å². The average Bonchev–Trinajstić information content (AvgIpc) is 2.73. The van der Waals surface area contributed by atoms with Crippen LogP contribution in [0, 0.1) is 0 Å². The van der Waals surface area contributed by atoms with Gasteiger partial charge in [-0.2, -0.15) is 0 Å². The molecule has 0 spiro atoms. The fourth-order valence-electron chi connectivity index (χ4n) is 2.89. The van der Waals surface area contributed by atoms with Crippen LogP contribution in [0.25, 0.3) is 0 Å². The number of hydrogen-bond acceptors (Lipinski definition) is 5. The molecule has 0 radical (unpaired) electrons. The zero-order chi connectivity index (χ0) is 20.1. The maximum absolute atomic E-state index is 12.6. The third-order valence-corrected chi connectivity index (χ3v) is 4.55. The van der Waals surface area contributed by atoms with Gasteiger partial charge in [-0.3, -0.25) is 24.2 Å². The van der Waals surface area contributed by atoms with Crippen LogP contribution < -0.4 is 5.32 Å². The van der Waals surface area contributed by atoms with Crippen molar-refractivity contribution in [2.75, 3.05) is 31.5 Å². The zero-order valence-corrected chi connectivity index (χ0v) is 15.4. The molecule has 3 amide bonds. The minimum absolute atomic E-state index is 0.0535. The van der Waals surface area contributed by atoms with Gasteiger partial charge in [0.05, 0.1) is 11.1 Å². The molecule has 0 unspecified atom stereocenters. The number of rotatable bonds is 5. The topological polar surface area (TPSA) is 99.7 Å². The summed E-state index contributed by atoms with van der Waals surface area (Å²) >= 11 is 0. The second-order valence-electron chi connectivity index (χ2n) is 6.48. The normalized spacial score (nSPS) is 13.8. The van der Waals surface area contributed by atoms with E-state index in [1.807, 2.05) is 0 Å². The van der Waals surface area contributed by atoms with E-state index in [2.05, 4.69) is 10.3 Å². The molecule has 8 heteroatoms. The van der Waals surface area contributed by atoms with E-state index in [4.69, 9.17) is 0 Å². The minimum Gasteiger partial charge on any atom is -0.342 e. The molecular formula is C20H20N4O4. The number of anilines is 1. The molecule has 1 aromatic heterocycles. The maximum atomic E-state index is 12.6. The number of nitrogens with zero attached hydrogens (tertiary/aromatic N) is 3. The Morgan fingerprint density at radius 3 is 2.21 bits per heavy atom. The highest BCUT2D eigenvalue weighted by Gasteiger charge is 2.22. The summed E-state index contributed by atoms with van der Waals surface area (Å²) in [6.07, 6.45) is 3.59. The number of carbonyl (C=O) groups is 4. The van der Waals surface area contributed by atoms with Crippen LogP contribution in [0.4, 0.5) is 5.69 Å². The van der Waals surface area contributed by atoms with Gasteiger partial charge in [0.15, 0.2) is 5.78 Å². The van der Waals surface area contributed by atoms with E-state index < -0.39 is 5.91 Å². The monoisotopic (exact) mass is 380 g/mol. The predicted octanol–water partition coefficient (Wildman–Crippen LogP) is 1.45. The van der Waals surface area contributed by atoms with Gasteiger partial charge >= 0.3 is 0 Å². The van der Waals surface area contributed by atoms with E-state index in [1.165, 1.54) is 25.4 Å². The number of hydrogen-bond donors (Lipinski definition) is 1. The second-order valence-corrected chi connectivity index (χ2v) is 6.48. The molecule has 0 saturated carbocycles. The molecule has 1 aromatic carbocycles. The van der Waals surface area contributed by atoms with E-state index in [-0.39, 0.29) is 17.3 Å². The Hall–Kier alpha value is -3.55. The standard InChI is InChI=1S/C20H20N4O4/c1-14(26)15-2-4-18(5-3-15)22-19(27)16-10-17(12-21-11-16)20(28)24-8-6-23(13-25)7-9-24/h2-5,10-13H,6-9H2,1H3,(H,22,27). The maximum Gasteiger partial charge on any atom is 0.257 e. The molecule has 144 valence electrons. The number of pyridine rings is 1. The number of nitrogens with one attached hydrogen (secondary N) is 1. The van der Waals surface area contributed by atoms with E-state index in [1.54, 1.807) is 34.1 Å². The van der Waals surface area contributed by atoms with Crippen LogP contribution in [0.15, 0.2) is 42.7 Å². The molecule has 0 bridgehead atoms. The molecule has 2 heterocycles. The first-order valence-corrected chi connectivity index (χ1v) is 8.84. The Labute approximate surface area is 162 Å². The Morgan fingerprint density at radius 1 is 0.964 bits per heavy atom. The summed E-state index contributed by atoms with van der Waals surface area (Å²) < 4.78 is 0. The molecule has 1 aliphatic rings. The molecule has 28 heavy (non-hydrogen) atoms. The van der Waals surface area contributed by atoms with Crippen LogP contribution >= 0.6 is 0 Å². The SMILES string of the molecule is CC(=O)c1ccc(NC(=O)c2cncc(C(=O)N3CCN(C=O)CC3)c2)cc1. The molecule has 0 aliphatic carbocycles. The number of benzene rings is 1. The van der Waals surface area contributed by atoms with Gasteiger partial charge < -0.3 is 15.1 Å². The summed E-state index contributed by atoms with van der Waals surface area (Å²) in [5, 5.41) is 2.72. The number of ketones is 1. The van der Waals surface area contributed by atoms with E-state index >= 15 is 0 Å². The number of amides is 3. The smallest absolute Gasteiger partial charge is 0.257 e. The highest BCUT2D eigenvalue weighted by molar-refractivity contribution is 6.06. The zero-order valence-electron chi connectivity index (χ0n) is 15.4. The second kappa shape index (κ2) is 8.43. The van der Waals surface area contributed by atoms with Gasteiger partial charge in [-0.15, -0.1) is 0 Å². The van der Waals surface area contributed by atoms with Crippen LogP contribution in [0.5, 0.6) is 0 Å². The van der Waals surface area contributed by atoms with Crippen molar-refractivity contribution < 1.29 is 19.2 Å². The van der Waals surface area contributed by atoms with E-state index in [0.29, 0.717) is 43.0 Å². The van der Waals surface area contributed by atoms with Crippen LogP contribution in [0.1, 0.15) is 38.0 Å². The molecular weight excluding hydrogens is 360 g/mol. The predicted molar refractivity (Wildman–Crippen MR) is 102 cm³/mol. The van der Waals surface area contributed by atoms with Gasteiger partial charge in [0, 0.05) is 49.8 Å². The van der Waals surface area contributed by atoms with Crippen molar-refractivity contribution in [1.82, 2.24) is 14.8 Å². The van der Waals surface area contributed by atoms with Crippen molar-refractivity contribution in [3.8, 4) is 0 Å². The third kappa shape index (κ3) is 4.40. The fraction of sp³-hybridized carbons (Fsp3) is 0.250. The lowest BCUT2D eigenvalue weighted by molar-refractivity contribution is -0.119. The molecule has 1 N–H and O–H groups in total. The summed E-state index contributed by atoms with van der Waals surface area (Å²) in [7, 11) is 0. The largest absolute Gasteiger partial charge is 0.342 e. The summed E-state index contributed by atoms with van der Waals surface area (Å²) in [6, 6.07) is 8.05. The van der Waals surface area contributed by atoms with E-state index in [0.717, 1.165) is 6.41 Å². The van der Waals surface area contributed by atoms with Crippen LogP contribution in [0.2, 0.25) is 0 Å². The molecule has 1 saturated heterocycles. The molecule has 8 nitrogen and oxygen atoms in total. The first-order chi connectivity index (χ1) is 13.5. The van der Waals surface area contributed by atoms with Gasteiger partial charge in [0.25, 0.3) is 11.8 Å². The van der Waals surface area contributed by atoms with Gasteiger partial charge in [-0.25, -0.2) is 0 Å². The lowest BCUT2D eigenvalue weighted by Gasteiger charge is -2.32. The quantitative estimate of drug-likeness (QED) is 0.625. The lowest BCUT2D eigenvalue weighted by atomic mass is 10.1. The summed E-state index contributed by atoms with van der Waals surface area (Å²) in [6.45, 7) is 3.33. The first kappa shape index (κ1) is 19.2. The van der Waals surface area contributed by atoms with Gasteiger partial charge in [-0.1, -0.05) is 0 Å². The Kier molecular flexibility index (Phi) is 5.78. The molecule has 2 aromatic rings. The number of aromatic nitrogens is 1. The molecule has 1 aliphatic heterocycles.